The minimum Gasteiger partial charge on any atom is -0.346 e. The van der Waals surface area contributed by atoms with Crippen LogP contribution in [0.4, 0.5) is 5.95 Å². The van der Waals surface area contributed by atoms with Gasteiger partial charge in [0, 0.05) is 44.5 Å². The summed E-state index contributed by atoms with van der Waals surface area (Å²) in [5.41, 5.74) is 1.47. The van der Waals surface area contributed by atoms with E-state index in [1.54, 1.807) is 12.3 Å². The SMILES string of the molecule is Cc1cn2c(n1)CCC(NC(=O)c1ccnc(N3CCCC3)n1)C2. The molecule has 2 aliphatic heterocycles. The highest BCUT2D eigenvalue weighted by Crippen LogP contribution is 2.17. The van der Waals surface area contributed by atoms with Gasteiger partial charge in [0.25, 0.3) is 5.91 Å². The second kappa shape index (κ2) is 6.22. The van der Waals surface area contributed by atoms with Gasteiger partial charge in [0.15, 0.2) is 0 Å². The molecule has 2 aromatic heterocycles. The molecule has 24 heavy (non-hydrogen) atoms. The second-order valence-electron chi connectivity index (χ2n) is 6.60. The summed E-state index contributed by atoms with van der Waals surface area (Å²) in [4.78, 5) is 27.9. The first-order valence-corrected chi connectivity index (χ1v) is 8.60. The minimum absolute atomic E-state index is 0.115. The quantitative estimate of drug-likeness (QED) is 0.921. The number of anilines is 1. The molecule has 2 aliphatic rings. The summed E-state index contributed by atoms with van der Waals surface area (Å²) in [6.45, 7) is 4.71. The van der Waals surface area contributed by atoms with Gasteiger partial charge in [-0.05, 0) is 32.3 Å². The van der Waals surface area contributed by atoms with Gasteiger partial charge in [-0.3, -0.25) is 4.79 Å². The zero-order chi connectivity index (χ0) is 16.5. The number of carbonyl (C=O) groups excluding carboxylic acids is 1. The molecule has 0 saturated carbocycles. The highest BCUT2D eigenvalue weighted by atomic mass is 16.2. The summed E-state index contributed by atoms with van der Waals surface area (Å²) < 4.78 is 2.14. The van der Waals surface area contributed by atoms with E-state index < -0.39 is 0 Å². The number of imidazole rings is 1. The Kier molecular flexibility index (Phi) is 3.92. The monoisotopic (exact) mass is 326 g/mol. The Labute approximate surface area is 141 Å². The largest absolute Gasteiger partial charge is 0.346 e. The van der Waals surface area contributed by atoms with Crippen LogP contribution in [0.2, 0.25) is 0 Å². The smallest absolute Gasteiger partial charge is 0.270 e. The lowest BCUT2D eigenvalue weighted by Gasteiger charge is -2.24. The topological polar surface area (TPSA) is 75.9 Å². The number of fused-ring (bicyclic) bond motifs is 1. The normalized spacial score (nSPS) is 20.0. The Balaban J connectivity index is 1.44. The van der Waals surface area contributed by atoms with E-state index in [9.17, 15) is 4.79 Å². The lowest BCUT2D eigenvalue weighted by Crippen LogP contribution is -2.41. The average Bonchev–Trinajstić information content (AvgIpc) is 3.23. The van der Waals surface area contributed by atoms with Crippen LogP contribution in [0.3, 0.4) is 0 Å². The lowest BCUT2D eigenvalue weighted by molar-refractivity contribution is 0.0922. The van der Waals surface area contributed by atoms with E-state index in [0.717, 1.165) is 56.8 Å². The van der Waals surface area contributed by atoms with Crippen molar-refractivity contribution in [2.24, 2.45) is 0 Å². The van der Waals surface area contributed by atoms with Crippen LogP contribution in [0.25, 0.3) is 0 Å². The summed E-state index contributed by atoms with van der Waals surface area (Å²) in [5.74, 6) is 1.65. The summed E-state index contributed by atoms with van der Waals surface area (Å²) in [7, 11) is 0. The number of aryl methyl sites for hydroxylation is 2. The van der Waals surface area contributed by atoms with Gasteiger partial charge >= 0.3 is 0 Å². The Bertz CT molecular complexity index is 749. The molecule has 1 amide bonds. The molecule has 7 heteroatoms. The van der Waals surface area contributed by atoms with Gasteiger partial charge in [-0.25, -0.2) is 15.0 Å². The van der Waals surface area contributed by atoms with E-state index in [2.05, 4.69) is 29.7 Å². The number of hydrogen-bond donors (Lipinski definition) is 1. The van der Waals surface area contributed by atoms with Crippen LogP contribution in [0.1, 0.15) is 41.3 Å². The molecule has 0 spiro atoms. The van der Waals surface area contributed by atoms with Crippen molar-refractivity contribution in [1.82, 2.24) is 24.8 Å². The van der Waals surface area contributed by atoms with Crippen molar-refractivity contribution in [3.63, 3.8) is 0 Å². The number of hydrogen-bond acceptors (Lipinski definition) is 5. The molecule has 4 heterocycles. The molecular weight excluding hydrogens is 304 g/mol. The summed E-state index contributed by atoms with van der Waals surface area (Å²) in [5, 5.41) is 3.11. The van der Waals surface area contributed by atoms with E-state index in [1.807, 2.05) is 13.1 Å². The number of carbonyl (C=O) groups is 1. The van der Waals surface area contributed by atoms with Gasteiger partial charge in [-0.2, -0.15) is 0 Å². The van der Waals surface area contributed by atoms with Crippen LogP contribution in [0.5, 0.6) is 0 Å². The molecule has 0 radical (unpaired) electrons. The molecule has 1 N–H and O–H groups in total. The first kappa shape index (κ1) is 15.1. The molecule has 126 valence electrons. The molecule has 0 aliphatic carbocycles. The number of amides is 1. The van der Waals surface area contributed by atoms with Crippen LogP contribution in [0, 0.1) is 6.92 Å². The van der Waals surface area contributed by atoms with Gasteiger partial charge in [0.2, 0.25) is 5.95 Å². The van der Waals surface area contributed by atoms with Crippen LogP contribution < -0.4 is 10.2 Å². The third-order valence-corrected chi connectivity index (χ3v) is 4.71. The fraction of sp³-hybridized carbons (Fsp3) is 0.529. The predicted molar refractivity (Wildman–Crippen MR) is 90.0 cm³/mol. The molecule has 7 nitrogen and oxygen atoms in total. The number of nitrogens with one attached hydrogen (secondary N) is 1. The van der Waals surface area contributed by atoms with Crippen molar-refractivity contribution in [2.45, 2.75) is 45.2 Å². The van der Waals surface area contributed by atoms with Crippen LogP contribution in [0.15, 0.2) is 18.5 Å². The summed E-state index contributed by atoms with van der Waals surface area (Å²) >= 11 is 0. The van der Waals surface area contributed by atoms with Gasteiger partial charge < -0.3 is 14.8 Å². The van der Waals surface area contributed by atoms with Crippen molar-refractivity contribution in [3.8, 4) is 0 Å². The lowest BCUT2D eigenvalue weighted by atomic mass is 10.1. The van der Waals surface area contributed by atoms with E-state index in [-0.39, 0.29) is 11.9 Å². The number of aromatic nitrogens is 4. The summed E-state index contributed by atoms with van der Waals surface area (Å²) in [6, 6.07) is 1.80. The van der Waals surface area contributed by atoms with Gasteiger partial charge in [-0.1, -0.05) is 0 Å². The zero-order valence-electron chi connectivity index (χ0n) is 13.9. The molecule has 4 rings (SSSR count). The van der Waals surface area contributed by atoms with Crippen LogP contribution in [-0.4, -0.2) is 44.6 Å². The maximum atomic E-state index is 12.6. The minimum atomic E-state index is -0.122. The van der Waals surface area contributed by atoms with Crippen molar-refractivity contribution >= 4 is 11.9 Å². The third kappa shape index (κ3) is 2.98. The maximum absolute atomic E-state index is 12.6. The highest BCUT2D eigenvalue weighted by Gasteiger charge is 2.23. The molecule has 0 aromatic carbocycles. The van der Waals surface area contributed by atoms with Crippen molar-refractivity contribution in [2.75, 3.05) is 18.0 Å². The van der Waals surface area contributed by atoms with Gasteiger partial charge in [0.05, 0.1) is 5.69 Å². The molecule has 2 aromatic rings. The maximum Gasteiger partial charge on any atom is 0.270 e. The average molecular weight is 326 g/mol. The molecule has 1 atom stereocenters. The second-order valence-corrected chi connectivity index (χ2v) is 6.60. The number of nitrogens with zero attached hydrogens (tertiary/aromatic N) is 5. The molecule has 0 bridgehead atoms. The van der Waals surface area contributed by atoms with Crippen molar-refractivity contribution in [3.05, 3.63) is 35.7 Å². The van der Waals surface area contributed by atoms with Gasteiger partial charge in [0.1, 0.15) is 11.5 Å². The first-order valence-electron chi connectivity index (χ1n) is 8.60. The Morgan fingerprint density at radius 2 is 2.12 bits per heavy atom. The third-order valence-electron chi connectivity index (χ3n) is 4.71. The van der Waals surface area contributed by atoms with Crippen molar-refractivity contribution in [1.29, 1.82) is 0 Å². The summed E-state index contributed by atoms with van der Waals surface area (Å²) in [6.07, 6.45) is 7.84. The number of rotatable bonds is 3. The van der Waals surface area contributed by atoms with E-state index in [4.69, 9.17) is 0 Å². The first-order chi connectivity index (χ1) is 11.7. The zero-order valence-corrected chi connectivity index (χ0v) is 13.9. The van der Waals surface area contributed by atoms with Crippen LogP contribution in [-0.2, 0) is 13.0 Å². The van der Waals surface area contributed by atoms with E-state index >= 15 is 0 Å². The predicted octanol–water partition coefficient (Wildman–Crippen LogP) is 1.33. The van der Waals surface area contributed by atoms with E-state index in [1.165, 1.54) is 0 Å². The highest BCUT2D eigenvalue weighted by molar-refractivity contribution is 5.92. The van der Waals surface area contributed by atoms with Crippen LogP contribution >= 0.6 is 0 Å². The standard InChI is InChI=1S/C17H22N6O/c1-12-10-23-11-13(4-5-15(23)19-12)20-16(24)14-6-7-18-17(21-14)22-8-2-3-9-22/h6-7,10,13H,2-5,8-9,11H2,1H3,(H,20,24). The Hall–Kier alpha value is -2.44. The molecular formula is C17H22N6O. The fourth-order valence-corrected chi connectivity index (χ4v) is 3.51. The van der Waals surface area contributed by atoms with Crippen molar-refractivity contribution < 1.29 is 4.79 Å². The van der Waals surface area contributed by atoms with E-state index in [0.29, 0.717) is 11.6 Å². The Morgan fingerprint density at radius 1 is 1.29 bits per heavy atom. The molecule has 1 unspecified atom stereocenters. The molecule has 1 fully saturated rings. The van der Waals surface area contributed by atoms with Gasteiger partial charge in [-0.15, -0.1) is 0 Å². The Morgan fingerprint density at radius 3 is 2.96 bits per heavy atom. The fourth-order valence-electron chi connectivity index (χ4n) is 3.51. The molecule has 1 saturated heterocycles.